The van der Waals surface area contributed by atoms with E-state index in [-0.39, 0.29) is 68.1 Å². The lowest BCUT2D eigenvalue weighted by Gasteiger charge is -2.40. The fourth-order valence-corrected chi connectivity index (χ4v) is 10.6. The molecule has 1 aliphatic heterocycles. The number of ether oxygens (including phenoxy) is 1. The van der Waals surface area contributed by atoms with Crippen molar-refractivity contribution in [1.82, 2.24) is 50.7 Å². The molecule has 1 rings (SSSR count). The van der Waals surface area contributed by atoms with Gasteiger partial charge in [0.2, 0.25) is 53.2 Å². The van der Waals surface area contributed by atoms with Crippen LogP contribution in [0, 0.1) is 47.3 Å². The van der Waals surface area contributed by atoms with E-state index in [2.05, 4.69) is 21.3 Å². The topological polar surface area (TPSA) is 322 Å². The van der Waals surface area contributed by atoms with Crippen LogP contribution in [0.4, 0.5) is 0 Å². The van der Waals surface area contributed by atoms with E-state index >= 15 is 4.79 Å². The molecule has 1 heterocycles. The fraction of sp³-hybridized carbons (Fsp3) is 0.806. The molecular formula is C62H110N10O15. The summed E-state index contributed by atoms with van der Waals surface area (Å²) in [4.78, 5) is 178. The number of hydrogen-bond acceptors (Lipinski definition) is 15. The smallest absolute Gasteiger partial charge is 0.329 e. The van der Waals surface area contributed by atoms with Gasteiger partial charge in [-0.3, -0.25) is 47.9 Å². The molecule has 0 aromatic heterocycles. The largest absolute Gasteiger partial charge is 0.450 e. The van der Waals surface area contributed by atoms with E-state index in [1.807, 2.05) is 69.2 Å². The molecule has 0 aromatic rings. The van der Waals surface area contributed by atoms with E-state index < -0.39 is 162 Å². The predicted molar refractivity (Wildman–Crippen MR) is 328 cm³/mol. The summed E-state index contributed by atoms with van der Waals surface area (Å²) in [5, 5.41) is 33.8. The second-order valence-corrected chi connectivity index (χ2v) is 26.9. The summed E-state index contributed by atoms with van der Waals surface area (Å²) in [5.41, 5.74) is 0. The highest BCUT2D eigenvalue weighted by Gasteiger charge is 2.46. The summed E-state index contributed by atoms with van der Waals surface area (Å²) in [5.74, 6) is -12.4. The minimum Gasteiger partial charge on any atom is -0.450 e. The lowest BCUT2D eigenvalue weighted by atomic mass is 9.92. The number of aliphatic hydroxyl groups is 2. The van der Waals surface area contributed by atoms with Crippen LogP contribution >= 0.6 is 0 Å². The van der Waals surface area contributed by atoms with Crippen LogP contribution in [-0.4, -0.2) is 232 Å². The first-order valence-electron chi connectivity index (χ1n) is 30.8. The number of amides is 10. The predicted octanol–water partition coefficient (Wildman–Crippen LogP) is 1.97. The van der Waals surface area contributed by atoms with Crippen molar-refractivity contribution in [2.75, 3.05) is 48.8 Å². The van der Waals surface area contributed by atoms with Gasteiger partial charge in [0, 0.05) is 48.7 Å². The number of carbonyl (C=O) groups excluding carboxylic acids is 12. The van der Waals surface area contributed by atoms with E-state index in [4.69, 9.17) is 4.74 Å². The van der Waals surface area contributed by atoms with E-state index in [1.165, 1.54) is 68.0 Å². The maximum atomic E-state index is 15.0. The normalized spacial score (nSPS) is 26.7. The molecule has 1 aliphatic rings. The summed E-state index contributed by atoms with van der Waals surface area (Å²) >= 11 is 0. The Balaban J connectivity index is 4.39. The molecule has 0 bridgehead atoms. The van der Waals surface area contributed by atoms with Crippen molar-refractivity contribution in [3.05, 3.63) is 0 Å². The Labute approximate surface area is 517 Å². The van der Waals surface area contributed by atoms with E-state index in [1.54, 1.807) is 27.7 Å². The van der Waals surface area contributed by atoms with E-state index in [0.717, 1.165) is 24.5 Å². The molecule has 0 aliphatic carbocycles. The van der Waals surface area contributed by atoms with Crippen LogP contribution < -0.4 is 21.3 Å². The Bertz CT molecular complexity index is 2360. The zero-order valence-corrected chi connectivity index (χ0v) is 56.5. The number of aldehydes is 1. The van der Waals surface area contributed by atoms with Crippen LogP contribution in [0.1, 0.15) is 156 Å². The number of carbonyl (C=O) groups is 12. The third-order valence-corrected chi connectivity index (χ3v) is 15.8. The highest BCUT2D eigenvalue weighted by Crippen LogP contribution is 2.25. The maximum absolute atomic E-state index is 15.0. The molecule has 0 aromatic carbocycles. The van der Waals surface area contributed by atoms with Crippen molar-refractivity contribution in [2.24, 2.45) is 47.3 Å². The number of likely N-dealkylation sites (N-methyl/N-ethyl adjacent to an activating group) is 6. The average Bonchev–Trinajstić information content (AvgIpc) is 1.55. The first-order valence-corrected chi connectivity index (χ1v) is 30.8. The van der Waals surface area contributed by atoms with Crippen molar-refractivity contribution < 1.29 is 72.5 Å². The number of aliphatic hydroxyl groups excluding tert-OH is 2. The minimum atomic E-state index is -1.87. The van der Waals surface area contributed by atoms with Crippen molar-refractivity contribution in [3.8, 4) is 0 Å². The van der Waals surface area contributed by atoms with Gasteiger partial charge in [-0.1, -0.05) is 104 Å². The van der Waals surface area contributed by atoms with Gasteiger partial charge in [0.05, 0.1) is 18.8 Å². The summed E-state index contributed by atoms with van der Waals surface area (Å²) in [6, 6.07) is -12.6. The number of nitrogens with zero attached hydrogens (tertiary/aromatic N) is 6. The Hall–Kier alpha value is -6.24. The molecule has 1 saturated heterocycles. The molecular weight excluding hydrogens is 1120 g/mol. The van der Waals surface area contributed by atoms with Gasteiger partial charge >= 0.3 is 5.97 Å². The van der Waals surface area contributed by atoms with Gasteiger partial charge in [-0.25, -0.2) is 4.79 Å². The highest BCUT2D eigenvalue weighted by atomic mass is 16.6. The molecule has 0 radical (unpaired) electrons. The van der Waals surface area contributed by atoms with Gasteiger partial charge in [0.25, 0.3) is 5.91 Å². The second kappa shape index (κ2) is 35.7. The van der Waals surface area contributed by atoms with Crippen LogP contribution in [0.3, 0.4) is 0 Å². The van der Waals surface area contributed by atoms with Crippen LogP contribution in [0.5, 0.6) is 0 Å². The highest BCUT2D eigenvalue weighted by molar-refractivity contribution is 5.99. The Morgan fingerprint density at radius 1 is 0.471 bits per heavy atom. The number of esters is 1. The van der Waals surface area contributed by atoms with Gasteiger partial charge in [-0.2, -0.15) is 0 Å². The van der Waals surface area contributed by atoms with Gasteiger partial charge in [0.15, 0.2) is 6.10 Å². The molecule has 498 valence electrons. The summed E-state index contributed by atoms with van der Waals surface area (Å²) in [6.45, 7) is 28.2. The number of cyclic esters (lactones) is 1. The van der Waals surface area contributed by atoms with Crippen molar-refractivity contribution in [3.63, 3.8) is 0 Å². The Kier molecular flexibility index (Phi) is 32.3. The lowest BCUT2D eigenvalue weighted by Crippen LogP contribution is -2.64. The molecule has 25 heteroatoms. The first kappa shape index (κ1) is 78.8. The molecule has 6 N–H and O–H groups in total. The molecule has 0 spiro atoms. The summed E-state index contributed by atoms with van der Waals surface area (Å²) < 4.78 is 5.87. The number of hydrogen-bond donors (Lipinski definition) is 6. The molecule has 87 heavy (non-hydrogen) atoms. The second-order valence-electron chi connectivity index (χ2n) is 26.9. The van der Waals surface area contributed by atoms with Crippen molar-refractivity contribution in [1.29, 1.82) is 0 Å². The maximum Gasteiger partial charge on any atom is 0.329 e. The molecule has 13 atom stereocenters. The van der Waals surface area contributed by atoms with Gasteiger partial charge in [-0.05, 0) is 93.3 Å². The van der Waals surface area contributed by atoms with Crippen molar-refractivity contribution >= 4 is 71.3 Å². The number of rotatable bonds is 17. The SMILES string of the molecule is CC(C)C[C@@H]1C(=O)N[C@H](CC(C)C)C(=O)N(C)[C@H](C(C)C)C(=O)N(C)[C@H]([C@H](O)[C@H](C)CC=O)C(=O)N[C@@H]([C@@H](C)O)C(=O)N(C)CC(=O)N(C)[C@@H](CC(C)C)C(=O)N[C@H](CC(C)C)C(=O)N(C)[C@H](CC(C)C)C(=O)N[C@H](C)C(=O)O[C@@H](C(C)C)C(=O)N1C. The standard InChI is InChI=1S/C62H110N10O15/c1-32(2)26-42-57(81)69(20)45(29-35(7)8)53(77)63-40(16)62(86)87-52(38(13)14)61(85)70(21)46(30-36(9)10)55(79)65-43(27-33(3)4)58(82)71(22)49(37(11)12)60(84)72(23)50(51(76)39(15)24-25-73)56(80)66-48(41(17)74)59(83)67(18)31-47(75)68(19)44(28-34(5)6)54(78)64-42/h25,32-46,48-52,74,76H,24,26-31H2,1-23H3,(H,63,77)(H,64,78)(H,65,79)(H,66,80)/t39-,40-,41-,42-,43-,44+,45-,46-,48+,49-,50-,51-,52+/m1/s1. The molecule has 0 saturated carbocycles. The Morgan fingerprint density at radius 3 is 1.25 bits per heavy atom. The van der Waals surface area contributed by atoms with E-state index in [0.29, 0.717) is 6.29 Å². The Morgan fingerprint density at radius 2 is 0.862 bits per heavy atom. The third kappa shape index (κ3) is 23.0. The van der Waals surface area contributed by atoms with Crippen LogP contribution in [0.25, 0.3) is 0 Å². The molecule has 1 fully saturated rings. The average molecular weight is 1240 g/mol. The molecule has 10 amide bonds. The zero-order chi connectivity index (χ0) is 67.6. The monoisotopic (exact) mass is 1230 g/mol. The zero-order valence-electron chi connectivity index (χ0n) is 56.5. The van der Waals surface area contributed by atoms with Gasteiger partial charge in [0.1, 0.15) is 60.7 Å². The van der Waals surface area contributed by atoms with E-state index in [9.17, 15) is 63.0 Å². The fourth-order valence-electron chi connectivity index (χ4n) is 10.6. The van der Waals surface area contributed by atoms with Crippen molar-refractivity contribution in [2.45, 2.75) is 229 Å². The van der Waals surface area contributed by atoms with Crippen LogP contribution in [0.15, 0.2) is 0 Å². The minimum absolute atomic E-state index is 0.0533. The lowest BCUT2D eigenvalue weighted by molar-refractivity contribution is -0.166. The summed E-state index contributed by atoms with van der Waals surface area (Å²) in [7, 11) is 7.91. The summed E-state index contributed by atoms with van der Waals surface area (Å²) in [6.07, 6.45) is -4.22. The van der Waals surface area contributed by atoms with Crippen LogP contribution in [0.2, 0.25) is 0 Å². The van der Waals surface area contributed by atoms with Gasteiger partial charge < -0.3 is 70.4 Å². The third-order valence-electron chi connectivity index (χ3n) is 15.8. The quantitative estimate of drug-likeness (QED) is 0.0896. The molecule has 25 nitrogen and oxygen atoms in total. The van der Waals surface area contributed by atoms with Gasteiger partial charge in [-0.15, -0.1) is 0 Å². The van der Waals surface area contributed by atoms with Crippen LogP contribution in [-0.2, 0) is 62.3 Å². The first-order chi connectivity index (χ1) is 40.0. The number of nitrogens with one attached hydrogen (secondary N) is 4. The molecule has 0 unspecified atom stereocenters.